The minimum absolute atomic E-state index is 0.211. The summed E-state index contributed by atoms with van der Waals surface area (Å²) < 4.78 is 57.2. The molecular weight excluding hydrogens is 523 g/mol. The van der Waals surface area contributed by atoms with E-state index in [4.69, 9.17) is 23.2 Å². The summed E-state index contributed by atoms with van der Waals surface area (Å²) in [6, 6.07) is 16.5. The number of halogens is 4. The Hall–Kier alpha value is -2.72. The molecule has 1 aliphatic carbocycles. The summed E-state index contributed by atoms with van der Waals surface area (Å²) in [5, 5.41) is 10.4. The first-order chi connectivity index (χ1) is 16.5. The summed E-state index contributed by atoms with van der Waals surface area (Å²) >= 11 is 12.3. The molecule has 35 heavy (non-hydrogen) atoms. The molecule has 0 saturated heterocycles. The van der Waals surface area contributed by atoms with E-state index in [0.717, 1.165) is 34.1 Å². The van der Waals surface area contributed by atoms with E-state index >= 15 is 0 Å². The number of benzene rings is 3. The average molecular weight is 542 g/mol. The zero-order chi connectivity index (χ0) is 25.4. The van der Waals surface area contributed by atoms with E-state index in [-0.39, 0.29) is 10.6 Å². The molecule has 3 aromatic carbocycles. The van der Waals surface area contributed by atoms with E-state index in [2.05, 4.69) is 4.74 Å². The van der Waals surface area contributed by atoms with Gasteiger partial charge in [-0.2, -0.15) is 13.1 Å². The van der Waals surface area contributed by atoms with Gasteiger partial charge in [0, 0.05) is 15.6 Å². The van der Waals surface area contributed by atoms with Crippen molar-refractivity contribution in [2.24, 2.45) is 0 Å². The third-order valence-corrected chi connectivity index (χ3v) is 8.23. The molecule has 0 bridgehead atoms. The van der Waals surface area contributed by atoms with Crippen molar-refractivity contribution in [3.63, 3.8) is 0 Å². The Kier molecular flexibility index (Phi) is 7.06. The third-order valence-electron chi connectivity index (χ3n) is 5.76. The van der Waals surface area contributed by atoms with Crippen LogP contribution >= 0.6 is 23.2 Å². The highest BCUT2D eigenvalue weighted by Crippen LogP contribution is 2.53. The number of rotatable bonds is 9. The molecule has 0 spiro atoms. The Morgan fingerprint density at radius 3 is 2.31 bits per heavy atom. The van der Waals surface area contributed by atoms with E-state index < -0.39 is 34.7 Å². The molecule has 0 unspecified atom stereocenters. The molecule has 184 valence electrons. The van der Waals surface area contributed by atoms with Crippen LogP contribution in [0.25, 0.3) is 11.1 Å². The molecule has 3 aromatic rings. The molecule has 11 heteroatoms. The van der Waals surface area contributed by atoms with Crippen molar-refractivity contribution in [3.8, 4) is 16.9 Å². The van der Waals surface area contributed by atoms with Gasteiger partial charge < -0.3 is 9.84 Å². The summed E-state index contributed by atoms with van der Waals surface area (Å²) in [5.41, 5.74) is 0.945. The fourth-order valence-corrected chi connectivity index (χ4v) is 6.29. The molecule has 6 nitrogen and oxygen atoms in total. The van der Waals surface area contributed by atoms with E-state index in [1.807, 2.05) is 6.07 Å². The van der Waals surface area contributed by atoms with Gasteiger partial charge in [0.15, 0.2) is 0 Å². The molecule has 1 fully saturated rings. The first-order valence-corrected chi connectivity index (χ1v) is 12.6. The lowest BCUT2D eigenvalue weighted by atomic mass is 9.98. The smallest absolute Gasteiger partial charge is 0.387 e. The highest BCUT2D eigenvalue weighted by atomic mass is 35.5. The van der Waals surface area contributed by atoms with E-state index in [1.54, 1.807) is 36.4 Å². The second kappa shape index (κ2) is 9.73. The molecule has 0 amide bonds. The van der Waals surface area contributed by atoms with Crippen molar-refractivity contribution in [3.05, 3.63) is 82.3 Å². The highest BCUT2D eigenvalue weighted by molar-refractivity contribution is 7.89. The van der Waals surface area contributed by atoms with Crippen LogP contribution < -0.4 is 4.74 Å². The van der Waals surface area contributed by atoms with Crippen LogP contribution in [0.2, 0.25) is 10.0 Å². The van der Waals surface area contributed by atoms with Gasteiger partial charge in [0.1, 0.15) is 12.3 Å². The van der Waals surface area contributed by atoms with E-state index in [9.17, 15) is 27.1 Å². The Balaban J connectivity index is 1.74. The lowest BCUT2D eigenvalue weighted by Crippen LogP contribution is -2.43. The van der Waals surface area contributed by atoms with Gasteiger partial charge >= 0.3 is 12.6 Å². The van der Waals surface area contributed by atoms with E-state index in [0.29, 0.717) is 34.0 Å². The number of hydrogen-bond donors (Lipinski definition) is 1. The summed E-state index contributed by atoms with van der Waals surface area (Å²) in [4.78, 5) is 11.5. The maximum atomic E-state index is 13.5. The molecular formula is C24H19Cl2F2NO5S. The molecule has 0 aromatic heterocycles. The standard InChI is InChI=1S/C24H19Cl2F2NO5S/c25-17-4-9-20(21(26)13-17)15-2-1-3-16(12-15)24(10-11-24)29(14-22(30)31)35(32,33)19-7-5-18(6-8-19)34-23(27)28/h1-9,12-13,23H,10-11,14H2,(H,30,31). The molecule has 1 aliphatic rings. The quantitative estimate of drug-likeness (QED) is 0.357. The highest BCUT2D eigenvalue weighted by Gasteiger charge is 2.55. The van der Waals surface area contributed by atoms with Crippen LogP contribution in [0.4, 0.5) is 8.78 Å². The molecule has 0 atom stereocenters. The lowest BCUT2D eigenvalue weighted by Gasteiger charge is -2.30. The van der Waals surface area contributed by atoms with Crippen molar-refractivity contribution in [1.82, 2.24) is 4.31 Å². The predicted molar refractivity (Wildman–Crippen MR) is 127 cm³/mol. The fraction of sp³-hybridized carbons (Fsp3) is 0.208. The fourth-order valence-electron chi connectivity index (χ4n) is 4.01. The minimum atomic E-state index is -4.31. The number of carboxylic acids is 1. The zero-order valence-electron chi connectivity index (χ0n) is 18.0. The van der Waals surface area contributed by atoms with Crippen LogP contribution in [-0.2, 0) is 20.4 Å². The van der Waals surface area contributed by atoms with Crippen molar-refractivity contribution in [2.45, 2.75) is 29.9 Å². The largest absolute Gasteiger partial charge is 0.480 e. The SMILES string of the molecule is O=C(O)CN(C1(c2cccc(-c3ccc(Cl)cc3Cl)c2)CC1)S(=O)(=O)c1ccc(OC(F)F)cc1. The van der Waals surface area contributed by atoms with Crippen LogP contribution in [0, 0.1) is 0 Å². The topological polar surface area (TPSA) is 83.9 Å². The number of aliphatic carboxylic acids is 1. The van der Waals surface area contributed by atoms with Gasteiger partial charge in [-0.3, -0.25) is 4.79 Å². The number of sulfonamides is 1. The maximum Gasteiger partial charge on any atom is 0.387 e. The molecule has 4 rings (SSSR count). The van der Waals surface area contributed by atoms with Crippen LogP contribution in [0.1, 0.15) is 18.4 Å². The Labute approximate surface area is 210 Å². The van der Waals surface area contributed by atoms with Crippen molar-refractivity contribution >= 4 is 39.2 Å². The second-order valence-electron chi connectivity index (χ2n) is 7.99. The van der Waals surface area contributed by atoms with Crippen LogP contribution in [-0.4, -0.2) is 37.0 Å². The third kappa shape index (κ3) is 5.28. The average Bonchev–Trinajstić information content (AvgIpc) is 3.59. The summed E-state index contributed by atoms with van der Waals surface area (Å²) in [6.45, 7) is -3.83. The van der Waals surface area contributed by atoms with Gasteiger partial charge in [-0.05, 0) is 66.4 Å². The molecule has 1 N–H and O–H groups in total. The number of ether oxygens (including phenoxy) is 1. The molecule has 0 heterocycles. The zero-order valence-corrected chi connectivity index (χ0v) is 20.3. The Morgan fingerprint density at radius 1 is 1.06 bits per heavy atom. The van der Waals surface area contributed by atoms with Gasteiger partial charge in [0.25, 0.3) is 0 Å². The number of carboxylic acid groups (broad SMARTS) is 1. The number of nitrogens with zero attached hydrogens (tertiary/aromatic N) is 1. The maximum absolute atomic E-state index is 13.5. The van der Waals surface area contributed by atoms with Gasteiger partial charge in [0.05, 0.1) is 10.4 Å². The van der Waals surface area contributed by atoms with Gasteiger partial charge in [-0.1, -0.05) is 47.5 Å². The monoisotopic (exact) mass is 541 g/mol. The normalized spacial score (nSPS) is 14.8. The van der Waals surface area contributed by atoms with E-state index in [1.165, 1.54) is 0 Å². The minimum Gasteiger partial charge on any atom is -0.480 e. The lowest BCUT2D eigenvalue weighted by molar-refractivity contribution is -0.137. The van der Waals surface area contributed by atoms with Crippen molar-refractivity contribution < 1.29 is 31.8 Å². The first kappa shape index (κ1) is 25.4. The van der Waals surface area contributed by atoms with Gasteiger partial charge in [-0.15, -0.1) is 0 Å². The first-order valence-electron chi connectivity index (χ1n) is 10.4. The van der Waals surface area contributed by atoms with Crippen LogP contribution in [0.3, 0.4) is 0 Å². The molecule has 0 radical (unpaired) electrons. The number of carbonyl (C=O) groups is 1. The second-order valence-corrected chi connectivity index (χ2v) is 10.7. The van der Waals surface area contributed by atoms with Crippen LogP contribution in [0.5, 0.6) is 5.75 Å². The van der Waals surface area contributed by atoms with Crippen LogP contribution in [0.15, 0.2) is 71.6 Å². The molecule has 0 aliphatic heterocycles. The Morgan fingerprint density at radius 2 is 1.74 bits per heavy atom. The van der Waals surface area contributed by atoms with Crippen molar-refractivity contribution in [1.29, 1.82) is 0 Å². The van der Waals surface area contributed by atoms with Gasteiger partial charge in [0.2, 0.25) is 10.0 Å². The number of alkyl halides is 2. The van der Waals surface area contributed by atoms with Crippen molar-refractivity contribution in [2.75, 3.05) is 6.54 Å². The van der Waals surface area contributed by atoms with Gasteiger partial charge in [-0.25, -0.2) is 8.42 Å². The summed E-state index contributed by atoms with van der Waals surface area (Å²) in [6.07, 6.45) is 0.813. The predicted octanol–water partition coefficient (Wildman–Crippen LogP) is 6.03. The number of hydrogen-bond acceptors (Lipinski definition) is 4. The summed E-state index contributed by atoms with van der Waals surface area (Å²) in [5.74, 6) is -1.54. The Bertz CT molecular complexity index is 1360. The summed E-state index contributed by atoms with van der Waals surface area (Å²) in [7, 11) is -4.31. The molecule has 1 saturated carbocycles.